The van der Waals surface area contributed by atoms with Gasteiger partial charge in [-0.2, -0.15) is 0 Å². The van der Waals surface area contributed by atoms with Gasteiger partial charge in [-0.05, 0) is 0 Å². The van der Waals surface area contributed by atoms with Crippen LogP contribution in [0.3, 0.4) is 0 Å². The van der Waals surface area contributed by atoms with Crippen LogP contribution in [0.4, 0.5) is 0 Å². The van der Waals surface area contributed by atoms with Gasteiger partial charge >= 0.3 is 0 Å². The van der Waals surface area contributed by atoms with Crippen LogP contribution in [0, 0.1) is 0 Å². The molecule has 0 saturated carbocycles. The van der Waals surface area contributed by atoms with E-state index < -0.39 is 0 Å². The third-order valence-electron chi connectivity index (χ3n) is 1.98. The van der Waals surface area contributed by atoms with Crippen LogP contribution in [0.2, 0.25) is 6.82 Å². The lowest BCUT2D eigenvalue weighted by atomic mass is 9.44. The molecule has 0 aromatic heterocycles. The highest BCUT2D eigenvalue weighted by Gasteiger charge is 2.13. The molecule has 0 atom stereocenters. The van der Waals surface area contributed by atoms with Gasteiger partial charge in [-0.3, -0.25) is 0 Å². The van der Waals surface area contributed by atoms with E-state index in [4.69, 9.17) is 0 Å². The minimum Gasteiger partial charge on any atom is -0.0993 e. The Morgan fingerprint density at radius 1 is 1.12 bits per heavy atom. The normalized spacial score (nSPS) is 18.6. The van der Waals surface area contributed by atoms with Crippen LogP contribution in [-0.4, -0.2) is 6.71 Å². The fourth-order valence-corrected chi connectivity index (χ4v) is 0.911. The second-order valence-electron chi connectivity index (χ2n) is 2.54. The molecule has 0 spiro atoms. The van der Waals surface area contributed by atoms with Crippen molar-refractivity contribution in [3.8, 4) is 0 Å². The number of rotatable bonds is 0. The molecule has 8 heavy (non-hydrogen) atoms. The van der Waals surface area contributed by atoms with Crippen LogP contribution < -0.4 is 0 Å². The highest BCUT2D eigenvalue weighted by Crippen LogP contribution is 2.15. The van der Waals surface area contributed by atoms with Crippen molar-refractivity contribution in [2.75, 3.05) is 0 Å². The van der Waals surface area contributed by atoms with Crippen LogP contribution in [0.1, 0.15) is 13.8 Å². The molecule has 0 N–H and O–H groups in total. The first-order valence-electron chi connectivity index (χ1n) is 3.07. The Balaban J connectivity index is 2.75. The zero-order valence-electron chi connectivity index (χ0n) is 5.73. The van der Waals surface area contributed by atoms with E-state index in [1.165, 1.54) is 10.9 Å². The predicted molar refractivity (Wildman–Crippen MR) is 39.1 cm³/mol. The second-order valence-corrected chi connectivity index (χ2v) is 2.54. The highest BCUT2D eigenvalue weighted by atomic mass is 13.9. The topological polar surface area (TPSA) is 0 Å². The molecular formula is C7H11B. The summed E-state index contributed by atoms with van der Waals surface area (Å²) in [5.74, 6) is 0. The van der Waals surface area contributed by atoms with Gasteiger partial charge in [-0.15, -0.1) is 0 Å². The van der Waals surface area contributed by atoms with E-state index in [-0.39, 0.29) is 0 Å². The lowest BCUT2D eigenvalue weighted by Crippen LogP contribution is -2.06. The van der Waals surface area contributed by atoms with Crippen LogP contribution in [0.25, 0.3) is 0 Å². The Bertz CT molecular complexity index is 136. The van der Waals surface area contributed by atoms with E-state index in [0.29, 0.717) is 6.71 Å². The molecule has 0 bridgehead atoms. The summed E-state index contributed by atoms with van der Waals surface area (Å²) in [5, 5.41) is 0. The molecule has 1 heterocycles. The summed E-state index contributed by atoms with van der Waals surface area (Å²) in [5.41, 5.74) is 2.98. The van der Waals surface area contributed by atoms with Gasteiger partial charge in [0, 0.05) is 0 Å². The largest absolute Gasteiger partial charge is 0.195 e. The standard InChI is InChI=1S/C7H11B/c1-6-4-5-7(2)8(6)3/h4-5H,1-3H3. The third kappa shape index (κ3) is 0.728. The van der Waals surface area contributed by atoms with E-state index in [2.05, 4.69) is 32.8 Å². The Morgan fingerprint density at radius 3 is 1.62 bits per heavy atom. The minimum atomic E-state index is 0.704. The van der Waals surface area contributed by atoms with Crippen LogP contribution >= 0.6 is 0 Å². The molecule has 1 aliphatic heterocycles. The fourth-order valence-electron chi connectivity index (χ4n) is 0.911. The Labute approximate surface area is 51.4 Å². The molecular weight excluding hydrogens is 94.9 g/mol. The van der Waals surface area contributed by atoms with Crippen molar-refractivity contribution in [2.45, 2.75) is 20.7 Å². The lowest BCUT2D eigenvalue weighted by molar-refractivity contribution is 1.61. The van der Waals surface area contributed by atoms with Gasteiger partial charge in [0.2, 0.25) is 0 Å². The molecule has 42 valence electrons. The number of hydrogen-bond donors (Lipinski definition) is 0. The van der Waals surface area contributed by atoms with Gasteiger partial charge < -0.3 is 0 Å². The molecule has 1 aliphatic rings. The molecule has 0 fully saturated rings. The zero-order valence-corrected chi connectivity index (χ0v) is 5.73. The molecule has 1 rings (SSSR count). The Kier molecular flexibility index (Phi) is 1.28. The SMILES string of the molecule is CB1C(C)=CC=C1C. The van der Waals surface area contributed by atoms with Gasteiger partial charge in [-0.1, -0.05) is 43.8 Å². The quantitative estimate of drug-likeness (QED) is 0.415. The minimum absolute atomic E-state index is 0.704. The maximum Gasteiger partial charge on any atom is 0.195 e. The van der Waals surface area contributed by atoms with Crippen LogP contribution in [0.5, 0.6) is 0 Å². The average Bonchev–Trinajstić information content (AvgIpc) is 1.98. The maximum atomic E-state index is 2.24. The number of hydrogen-bond acceptors (Lipinski definition) is 0. The van der Waals surface area contributed by atoms with Gasteiger partial charge in [0.15, 0.2) is 6.71 Å². The Hall–Kier alpha value is -0.455. The zero-order chi connectivity index (χ0) is 6.15. The number of allylic oxidation sites excluding steroid dienone is 4. The first-order valence-corrected chi connectivity index (χ1v) is 3.07. The summed E-state index contributed by atoms with van der Waals surface area (Å²) in [4.78, 5) is 0. The summed E-state index contributed by atoms with van der Waals surface area (Å²) in [6.07, 6.45) is 4.39. The first kappa shape index (κ1) is 5.68. The monoisotopic (exact) mass is 106 g/mol. The second kappa shape index (κ2) is 1.81. The maximum absolute atomic E-state index is 2.24. The van der Waals surface area contributed by atoms with Crippen molar-refractivity contribution in [3.05, 3.63) is 23.1 Å². The van der Waals surface area contributed by atoms with Crippen LogP contribution in [0.15, 0.2) is 23.1 Å². The van der Waals surface area contributed by atoms with E-state index in [9.17, 15) is 0 Å². The molecule has 0 amide bonds. The van der Waals surface area contributed by atoms with Gasteiger partial charge in [0.05, 0.1) is 0 Å². The molecule has 1 heteroatoms. The highest BCUT2D eigenvalue weighted by molar-refractivity contribution is 6.73. The van der Waals surface area contributed by atoms with Gasteiger partial charge in [0.1, 0.15) is 0 Å². The van der Waals surface area contributed by atoms with E-state index in [1.54, 1.807) is 0 Å². The summed E-state index contributed by atoms with van der Waals surface area (Å²) in [6, 6.07) is 0. The van der Waals surface area contributed by atoms with Crippen molar-refractivity contribution < 1.29 is 0 Å². The fraction of sp³-hybridized carbons (Fsp3) is 0.429. The summed E-state index contributed by atoms with van der Waals surface area (Å²) < 4.78 is 0. The van der Waals surface area contributed by atoms with Gasteiger partial charge in [-0.25, -0.2) is 0 Å². The molecule has 0 aliphatic carbocycles. The van der Waals surface area contributed by atoms with Gasteiger partial charge in [0.25, 0.3) is 0 Å². The molecule has 0 unspecified atom stereocenters. The first-order chi connectivity index (χ1) is 3.72. The van der Waals surface area contributed by atoms with Crippen molar-refractivity contribution in [1.82, 2.24) is 0 Å². The van der Waals surface area contributed by atoms with E-state index in [0.717, 1.165) is 0 Å². The van der Waals surface area contributed by atoms with E-state index >= 15 is 0 Å². The lowest BCUT2D eigenvalue weighted by Gasteiger charge is -1.99. The smallest absolute Gasteiger partial charge is 0.0993 e. The summed E-state index contributed by atoms with van der Waals surface area (Å²) >= 11 is 0. The van der Waals surface area contributed by atoms with E-state index in [1.807, 2.05) is 0 Å². The molecule has 0 nitrogen and oxygen atoms in total. The molecule has 0 aromatic carbocycles. The third-order valence-corrected chi connectivity index (χ3v) is 1.98. The molecule has 0 saturated heterocycles. The average molecular weight is 106 g/mol. The van der Waals surface area contributed by atoms with Crippen molar-refractivity contribution in [1.29, 1.82) is 0 Å². The van der Waals surface area contributed by atoms with Crippen LogP contribution in [-0.2, 0) is 0 Å². The molecule has 0 aromatic rings. The molecule has 0 radical (unpaired) electrons. The summed E-state index contributed by atoms with van der Waals surface area (Å²) in [7, 11) is 0. The van der Waals surface area contributed by atoms with Crippen molar-refractivity contribution >= 4 is 6.71 Å². The Morgan fingerprint density at radius 2 is 1.50 bits per heavy atom. The van der Waals surface area contributed by atoms with Crippen molar-refractivity contribution in [3.63, 3.8) is 0 Å². The van der Waals surface area contributed by atoms with Crippen molar-refractivity contribution in [2.24, 2.45) is 0 Å². The summed E-state index contributed by atoms with van der Waals surface area (Å²) in [6.45, 7) is 7.30. The predicted octanol–water partition coefficient (Wildman–Crippen LogP) is 2.10.